The van der Waals surface area contributed by atoms with Gasteiger partial charge in [-0.2, -0.15) is 35.9 Å². The van der Waals surface area contributed by atoms with Crippen LogP contribution in [0.2, 0.25) is 0 Å². The number of alkyl halides is 6. The largest absolute Gasteiger partial charge is 0.416 e. The highest BCUT2D eigenvalue weighted by molar-refractivity contribution is 9.11. The topological polar surface area (TPSA) is 64.4 Å². The van der Waals surface area contributed by atoms with Crippen LogP contribution in [-0.2, 0) is 28.9 Å². The molecule has 1 heterocycles. The number of nitrogens with zero attached hydrogens (tertiary/aromatic N) is 3. The van der Waals surface area contributed by atoms with E-state index in [1.807, 2.05) is 6.19 Å². The van der Waals surface area contributed by atoms with Crippen LogP contribution in [-0.4, -0.2) is 36.8 Å². The number of hydrogen-bond acceptors (Lipinski definition) is 4. The van der Waals surface area contributed by atoms with Gasteiger partial charge in [-0.05, 0) is 58.2 Å². The third-order valence-electron chi connectivity index (χ3n) is 5.26. The van der Waals surface area contributed by atoms with Crippen molar-refractivity contribution in [1.82, 2.24) is 9.21 Å². The minimum atomic E-state index is -5.16. The molecule has 0 spiro atoms. The smallest absolute Gasteiger partial charge is 0.309 e. The lowest BCUT2D eigenvalue weighted by molar-refractivity contribution is -0.143. The van der Waals surface area contributed by atoms with E-state index >= 15 is 0 Å². The number of benzene rings is 2. The summed E-state index contributed by atoms with van der Waals surface area (Å²) in [4.78, 5) is 1.03. The fourth-order valence-corrected chi connectivity index (χ4v) is 6.69. The van der Waals surface area contributed by atoms with E-state index in [2.05, 4.69) is 31.9 Å². The molecule has 0 saturated carbocycles. The van der Waals surface area contributed by atoms with Gasteiger partial charge in [-0.15, -0.1) is 0 Å². The number of halogens is 8. The lowest BCUT2D eigenvalue weighted by Crippen LogP contribution is -2.41. The van der Waals surface area contributed by atoms with E-state index in [0.717, 1.165) is 4.31 Å². The zero-order chi connectivity index (χ0) is 25.5. The van der Waals surface area contributed by atoms with E-state index in [1.165, 1.54) is 17.0 Å². The van der Waals surface area contributed by atoms with Crippen molar-refractivity contribution in [3.63, 3.8) is 0 Å². The van der Waals surface area contributed by atoms with Gasteiger partial charge in [0.15, 0.2) is 6.19 Å². The maximum Gasteiger partial charge on any atom is 0.416 e. The van der Waals surface area contributed by atoms with Crippen LogP contribution < -0.4 is 0 Å². The number of likely N-dealkylation sites (tertiary alicyclic amines) is 1. The molecule has 34 heavy (non-hydrogen) atoms. The van der Waals surface area contributed by atoms with Crippen LogP contribution in [0.5, 0.6) is 0 Å². The molecule has 1 fully saturated rings. The van der Waals surface area contributed by atoms with Crippen LogP contribution in [0.15, 0.2) is 50.2 Å². The summed E-state index contributed by atoms with van der Waals surface area (Å²) in [5, 5.41) is 9.15. The average molecular weight is 635 g/mol. The molecule has 0 bridgehead atoms. The molecule has 3 rings (SSSR count). The quantitative estimate of drug-likeness (QED) is 0.299. The van der Waals surface area contributed by atoms with Gasteiger partial charge >= 0.3 is 12.4 Å². The second kappa shape index (κ2) is 9.67. The van der Waals surface area contributed by atoms with Gasteiger partial charge in [-0.25, -0.2) is 8.42 Å². The average Bonchev–Trinajstić information content (AvgIpc) is 3.20. The van der Waals surface area contributed by atoms with Crippen molar-refractivity contribution in [3.8, 4) is 6.19 Å². The van der Waals surface area contributed by atoms with Gasteiger partial charge in [0.1, 0.15) is 0 Å². The first-order valence-corrected chi connectivity index (χ1v) is 12.6. The third-order valence-corrected chi connectivity index (χ3v) is 8.65. The Morgan fingerprint density at radius 3 is 2.29 bits per heavy atom. The van der Waals surface area contributed by atoms with Gasteiger partial charge in [0, 0.05) is 34.6 Å². The maximum absolute atomic E-state index is 13.7. The van der Waals surface area contributed by atoms with E-state index in [4.69, 9.17) is 5.26 Å². The van der Waals surface area contributed by atoms with Crippen molar-refractivity contribution in [2.45, 2.75) is 36.3 Å². The first-order valence-electron chi connectivity index (χ1n) is 9.53. The summed E-state index contributed by atoms with van der Waals surface area (Å²) in [7, 11) is -4.44. The van der Waals surface area contributed by atoms with Crippen molar-refractivity contribution in [2.24, 2.45) is 0 Å². The molecule has 1 atom stereocenters. The molecule has 0 radical (unpaired) electrons. The van der Waals surface area contributed by atoms with Gasteiger partial charge in [0.25, 0.3) is 0 Å². The summed E-state index contributed by atoms with van der Waals surface area (Å²) >= 11 is 6.30. The van der Waals surface area contributed by atoms with E-state index in [0.29, 0.717) is 16.6 Å². The van der Waals surface area contributed by atoms with Crippen LogP contribution >= 0.6 is 31.9 Å². The van der Waals surface area contributed by atoms with Crippen molar-refractivity contribution >= 4 is 41.9 Å². The van der Waals surface area contributed by atoms with Gasteiger partial charge < -0.3 is 4.90 Å². The molecule has 1 aliphatic heterocycles. The Hall–Kier alpha value is -1.82. The molecular formula is C20H15Br2F6N3O2S. The molecule has 5 nitrogen and oxygen atoms in total. The van der Waals surface area contributed by atoms with Gasteiger partial charge in [0.05, 0.1) is 16.0 Å². The van der Waals surface area contributed by atoms with Crippen molar-refractivity contribution in [3.05, 3.63) is 62.0 Å². The van der Waals surface area contributed by atoms with E-state index in [1.54, 1.807) is 6.07 Å². The predicted molar refractivity (Wildman–Crippen MR) is 117 cm³/mol. The highest BCUT2D eigenvalue weighted by Gasteiger charge is 2.41. The zero-order valence-corrected chi connectivity index (χ0v) is 20.9. The van der Waals surface area contributed by atoms with Gasteiger partial charge in [-0.1, -0.05) is 22.0 Å². The first kappa shape index (κ1) is 26.8. The number of hydrogen-bond donors (Lipinski definition) is 0. The highest BCUT2D eigenvalue weighted by Crippen LogP contribution is 2.39. The third kappa shape index (κ3) is 5.69. The van der Waals surface area contributed by atoms with Crippen molar-refractivity contribution in [2.75, 3.05) is 13.1 Å². The van der Waals surface area contributed by atoms with Crippen LogP contribution in [0.3, 0.4) is 0 Å². The van der Waals surface area contributed by atoms with Crippen molar-refractivity contribution < 1.29 is 34.8 Å². The van der Waals surface area contributed by atoms with E-state index in [9.17, 15) is 34.8 Å². The standard InChI is InChI=1S/C20H15Br2F6N3O2S/c21-14-3-4-17(22)18(8-14)34(32,33)31(15-5-6-30(10-15)11-29)9-12-1-2-13(19(23,24)25)7-16(12)20(26,27)28/h1-4,7-8,15H,5-6,9-10H2/t15-/m1/s1. The lowest BCUT2D eigenvalue weighted by Gasteiger charge is -2.29. The Morgan fingerprint density at radius 1 is 1.06 bits per heavy atom. The maximum atomic E-state index is 13.7. The Bertz CT molecular complexity index is 1230. The summed E-state index contributed by atoms with van der Waals surface area (Å²) in [5.74, 6) is 0. The lowest BCUT2D eigenvalue weighted by atomic mass is 10.0. The molecule has 1 saturated heterocycles. The van der Waals surface area contributed by atoms with Crippen LogP contribution in [0.4, 0.5) is 26.3 Å². The fraction of sp³-hybridized carbons (Fsp3) is 0.350. The Labute approximate surface area is 208 Å². The normalized spacial score (nSPS) is 17.3. The van der Waals surface area contributed by atoms with E-state index < -0.39 is 51.7 Å². The number of rotatable bonds is 5. The van der Waals surface area contributed by atoms with Crippen LogP contribution in [0, 0.1) is 11.5 Å². The Kier molecular flexibility index (Phi) is 7.62. The Morgan fingerprint density at radius 2 is 1.74 bits per heavy atom. The molecule has 0 N–H and O–H groups in total. The number of sulfonamides is 1. The van der Waals surface area contributed by atoms with Crippen LogP contribution in [0.25, 0.3) is 0 Å². The van der Waals surface area contributed by atoms with E-state index in [-0.39, 0.29) is 34.9 Å². The molecule has 14 heteroatoms. The molecule has 0 aromatic heterocycles. The number of nitriles is 1. The zero-order valence-electron chi connectivity index (χ0n) is 17.0. The molecule has 184 valence electrons. The molecular weight excluding hydrogens is 620 g/mol. The molecule has 2 aromatic carbocycles. The molecule has 0 aliphatic carbocycles. The predicted octanol–water partition coefficient (Wildman–Crippen LogP) is 6.00. The van der Waals surface area contributed by atoms with Gasteiger partial charge in [0.2, 0.25) is 10.0 Å². The van der Waals surface area contributed by atoms with Gasteiger partial charge in [-0.3, -0.25) is 0 Å². The summed E-state index contributed by atoms with van der Waals surface area (Å²) < 4.78 is 109. The highest BCUT2D eigenvalue weighted by atomic mass is 79.9. The van der Waals surface area contributed by atoms with Crippen molar-refractivity contribution in [1.29, 1.82) is 5.26 Å². The monoisotopic (exact) mass is 633 g/mol. The summed E-state index contributed by atoms with van der Waals surface area (Å²) in [6.45, 7) is -0.715. The molecule has 0 unspecified atom stereocenters. The first-order chi connectivity index (χ1) is 15.6. The second-order valence-corrected chi connectivity index (χ2v) is 11.1. The fourth-order valence-electron chi connectivity index (χ4n) is 3.60. The molecule has 0 amide bonds. The Balaban J connectivity index is 2.14. The molecule has 1 aliphatic rings. The van der Waals surface area contributed by atoms with Crippen LogP contribution in [0.1, 0.15) is 23.1 Å². The summed E-state index contributed by atoms with van der Waals surface area (Å²) in [6.07, 6.45) is -8.14. The summed E-state index contributed by atoms with van der Waals surface area (Å²) in [6, 6.07) is 4.48. The molecule has 2 aromatic rings. The minimum absolute atomic E-state index is 0.0224. The second-order valence-electron chi connectivity index (χ2n) is 7.48. The minimum Gasteiger partial charge on any atom is -0.309 e. The SMILES string of the molecule is N#CN1CC[C@@H](N(Cc2ccc(C(F)(F)F)cc2C(F)(F)F)S(=O)(=O)c2cc(Br)ccc2Br)C1. The summed E-state index contributed by atoms with van der Waals surface area (Å²) in [5.41, 5.74) is -3.71.